The second-order valence-electron chi connectivity index (χ2n) is 6.15. The quantitative estimate of drug-likeness (QED) is 0.266. The molecular weight excluding hydrogens is 322 g/mol. The van der Waals surface area contributed by atoms with Gasteiger partial charge in [0.1, 0.15) is 11.7 Å². The van der Waals surface area contributed by atoms with Gasteiger partial charge in [-0.05, 0) is 18.9 Å². The van der Waals surface area contributed by atoms with Crippen LogP contribution in [0.3, 0.4) is 0 Å². The van der Waals surface area contributed by atoms with Gasteiger partial charge in [0.05, 0.1) is 20.3 Å². The predicted octanol–water partition coefficient (Wildman–Crippen LogP) is -2.80. The van der Waals surface area contributed by atoms with Gasteiger partial charge in [-0.2, -0.15) is 5.06 Å². The van der Waals surface area contributed by atoms with E-state index >= 15 is 0 Å². The number of carbonyl (C=O) groups excluding carboxylic acids is 2. The molecule has 1 unspecified atom stereocenters. The standard InChI is InChI=1S/C14H23N3O7/c1-8-5-6-24-14(9(19)12(2,22)7-18)11(21)15-13(8,10(20)16-14)17(3)23-4/h9,18-19,22H,1,5-7H2,2-4H3,(H,15,21)(H,16,20)/t9-,12-,13+,14?/m0/s1. The number of ether oxygens (including phenoxy) is 1. The van der Waals surface area contributed by atoms with E-state index in [0.717, 1.165) is 12.0 Å². The van der Waals surface area contributed by atoms with E-state index < -0.39 is 41.5 Å². The van der Waals surface area contributed by atoms with E-state index in [1.807, 2.05) is 0 Å². The molecule has 0 aromatic heterocycles. The Labute approximate surface area is 139 Å². The van der Waals surface area contributed by atoms with Gasteiger partial charge in [-0.25, -0.2) is 0 Å². The van der Waals surface area contributed by atoms with Gasteiger partial charge in [0, 0.05) is 7.05 Å². The molecule has 2 bridgehead atoms. The number of likely N-dealkylation sites (N-methyl/N-ethyl adjacent to an activating group) is 1. The molecule has 3 fully saturated rings. The zero-order valence-electron chi connectivity index (χ0n) is 13.8. The molecule has 0 saturated carbocycles. The van der Waals surface area contributed by atoms with Gasteiger partial charge < -0.3 is 30.7 Å². The number of piperazine rings is 1. The maximum atomic E-state index is 12.8. The van der Waals surface area contributed by atoms with Gasteiger partial charge in [-0.15, -0.1) is 0 Å². The average Bonchev–Trinajstić information content (AvgIpc) is 2.54. The summed E-state index contributed by atoms with van der Waals surface area (Å²) in [5, 5.41) is 35.8. The Morgan fingerprint density at radius 2 is 2.08 bits per heavy atom. The molecule has 0 aromatic carbocycles. The molecule has 3 saturated heterocycles. The van der Waals surface area contributed by atoms with Crippen molar-refractivity contribution in [3.63, 3.8) is 0 Å². The largest absolute Gasteiger partial charge is 0.393 e. The number of fused-ring (bicyclic) bond motifs is 5. The van der Waals surface area contributed by atoms with E-state index in [1.165, 1.54) is 14.2 Å². The summed E-state index contributed by atoms with van der Waals surface area (Å²) < 4.78 is 5.43. The van der Waals surface area contributed by atoms with Gasteiger partial charge >= 0.3 is 0 Å². The van der Waals surface area contributed by atoms with Crippen LogP contribution in [0.4, 0.5) is 0 Å². The summed E-state index contributed by atoms with van der Waals surface area (Å²) in [5.74, 6) is -1.64. The fraction of sp³-hybridized carbons (Fsp3) is 0.714. The van der Waals surface area contributed by atoms with Crippen molar-refractivity contribution in [3.05, 3.63) is 12.2 Å². The van der Waals surface area contributed by atoms with Gasteiger partial charge in [0.2, 0.25) is 5.66 Å². The van der Waals surface area contributed by atoms with Crippen LogP contribution in [0.25, 0.3) is 0 Å². The summed E-state index contributed by atoms with van der Waals surface area (Å²) in [7, 11) is 2.77. The highest BCUT2D eigenvalue weighted by atomic mass is 16.7. The number of nitrogens with one attached hydrogen (secondary N) is 2. The van der Waals surface area contributed by atoms with Crippen molar-refractivity contribution in [2.75, 3.05) is 27.4 Å². The lowest BCUT2D eigenvalue weighted by Gasteiger charge is -2.53. The Balaban J connectivity index is 2.53. The summed E-state index contributed by atoms with van der Waals surface area (Å²) in [6.45, 7) is 4.04. The minimum atomic E-state index is -2.25. The third-order valence-corrected chi connectivity index (χ3v) is 4.55. The summed E-state index contributed by atoms with van der Waals surface area (Å²) in [5.41, 5.74) is -5.69. The first-order chi connectivity index (χ1) is 11.1. The smallest absolute Gasteiger partial charge is 0.278 e. The van der Waals surface area contributed by atoms with Crippen LogP contribution < -0.4 is 10.6 Å². The number of hydrogen-bond acceptors (Lipinski definition) is 8. The van der Waals surface area contributed by atoms with Crippen molar-refractivity contribution in [2.24, 2.45) is 0 Å². The number of nitrogens with zero attached hydrogens (tertiary/aromatic N) is 1. The summed E-state index contributed by atoms with van der Waals surface area (Å²) in [6, 6.07) is 0. The normalized spacial score (nSPS) is 34.2. The zero-order valence-corrected chi connectivity index (χ0v) is 13.8. The molecule has 10 heteroatoms. The third-order valence-electron chi connectivity index (χ3n) is 4.55. The summed E-state index contributed by atoms with van der Waals surface area (Å²) >= 11 is 0. The maximum Gasteiger partial charge on any atom is 0.278 e. The van der Waals surface area contributed by atoms with Crippen molar-refractivity contribution in [1.29, 1.82) is 0 Å². The van der Waals surface area contributed by atoms with Crippen LogP contribution in [-0.4, -0.2) is 82.7 Å². The number of hydroxylamine groups is 2. The van der Waals surface area contributed by atoms with Crippen molar-refractivity contribution in [3.8, 4) is 0 Å². The van der Waals surface area contributed by atoms with Gasteiger partial charge in [0.15, 0.2) is 0 Å². The number of aliphatic hydroxyl groups excluding tert-OH is 2. The molecule has 136 valence electrons. The van der Waals surface area contributed by atoms with Gasteiger partial charge in [0.25, 0.3) is 17.5 Å². The lowest BCUT2D eigenvalue weighted by molar-refractivity contribution is -0.243. The fourth-order valence-electron chi connectivity index (χ4n) is 2.87. The van der Waals surface area contributed by atoms with Crippen LogP contribution in [0.2, 0.25) is 0 Å². The Hall–Kier alpha value is -1.56. The van der Waals surface area contributed by atoms with Crippen molar-refractivity contribution in [1.82, 2.24) is 15.7 Å². The summed E-state index contributed by atoms with van der Waals surface area (Å²) in [4.78, 5) is 30.6. The number of rotatable bonds is 5. The lowest BCUT2D eigenvalue weighted by atomic mass is 9.84. The van der Waals surface area contributed by atoms with E-state index in [0.29, 0.717) is 5.57 Å². The molecule has 0 aliphatic carbocycles. The minimum Gasteiger partial charge on any atom is -0.393 e. The highest BCUT2D eigenvalue weighted by Gasteiger charge is 2.65. The van der Waals surface area contributed by atoms with Crippen LogP contribution >= 0.6 is 0 Å². The van der Waals surface area contributed by atoms with E-state index in [9.17, 15) is 24.9 Å². The molecule has 4 atom stereocenters. The second kappa shape index (κ2) is 6.06. The topological polar surface area (TPSA) is 141 Å². The number of aliphatic hydroxyl groups is 3. The summed E-state index contributed by atoms with van der Waals surface area (Å²) in [6.07, 6.45) is -1.73. The number of carbonyl (C=O) groups is 2. The van der Waals surface area contributed by atoms with Crippen LogP contribution in [0.5, 0.6) is 0 Å². The van der Waals surface area contributed by atoms with Crippen LogP contribution in [0.1, 0.15) is 13.3 Å². The lowest BCUT2D eigenvalue weighted by Crippen LogP contribution is -2.85. The van der Waals surface area contributed by atoms with E-state index in [-0.39, 0.29) is 13.0 Å². The van der Waals surface area contributed by atoms with E-state index in [4.69, 9.17) is 9.57 Å². The molecule has 24 heavy (non-hydrogen) atoms. The third kappa shape index (κ3) is 2.42. The second-order valence-corrected chi connectivity index (χ2v) is 6.15. The molecule has 0 aromatic rings. The molecule has 3 rings (SSSR count). The molecule has 3 aliphatic heterocycles. The Morgan fingerprint density at radius 3 is 2.62 bits per heavy atom. The van der Waals surface area contributed by atoms with Crippen LogP contribution in [0.15, 0.2) is 12.2 Å². The molecular formula is C14H23N3O7. The minimum absolute atomic E-state index is 0.0512. The first-order valence-corrected chi connectivity index (χ1v) is 7.35. The monoisotopic (exact) mass is 345 g/mol. The Morgan fingerprint density at radius 1 is 1.46 bits per heavy atom. The molecule has 3 heterocycles. The van der Waals surface area contributed by atoms with Crippen LogP contribution in [-0.2, 0) is 19.2 Å². The van der Waals surface area contributed by atoms with Gasteiger partial charge in [-0.1, -0.05) is 6.58 Å². The highest BCUT2D eigenvalue weighted by Crippen LogP contribution is 2.35. The average molecular weight is 345 g/mol. The highest BCUT2D eigenvalue weighted by molar-refractivity contribution is 6.03. The Bertz CT molecular complexity index is 567. The fourth-order valence-corrected chi connectivity index (χ4v) is 2.87. The SMILES string of the molecule is C=C1CCOC2([C@@H](O)[C@@](C)(O)CO)NC(=O)[C@@]1(N(C)OC)NC2=O. The molecule has 3 aliphatic rings. The zero-order chi connectivity index (χ0) is 18.3. The van der Waals surface area contributed by atoms with Crippen molar-refractivity contribution in [2.45, 2.75) is 36.4 Å². The predicted molar refractivity (Wildman–Crippen MR) is 79.9 cm³/mol. The van der Waals surface area contributed by atoms with Crippen LogP contribution in [0, 0.1) is 0 Å². The molecule has 0 radical (unpaired) electrons. The first kappa shape index (κ1) is 18.8. The molecule has 10 nitrogen and oxygen atoms in total. The first-order valence-electron chi connectivity index (χ1n) is 7.35. The van der Waals surface area contributed by atoms with E-state index in [1.54, 1.807) is 0 Å². The Kier molecular flexibility index (Phi) is 4.74. The molecule has 2 amide bonds. The van der Waals surface area contributed by atoms with Crippen molar-refractivity contribution < 1.29 is 34.5 Å². The van der Waals surface area contributed by atoms with Crippen molar-refractivity contribution >= 4 is 11.8 Å². The van der Waals surface area contributed by atoms with Gasteiger partial charge in [-0.3, -0.25) is 14.4 Å². The number of amides is 2. The number of hydrogen-bond donors (Lipinski definition) is 5. The molecule has 0 spiro atoms. The maximum absolute atomic E-state index is 12.8. The van der Waals surface area contributed by atoms with E-state index in [2.05, 4.69) is 17.2 Å². The molecule has 5 N–H and O–H groups in total.